The Morgan fingerprint density at radius 3 is 2.24 bits per heavy atom. The fourth-order valence-corrected chi connectivity index (χ4v) is 3.86. The maximum Gasteiger partial charge on any atom is 0.248 e. The van der Waals surface area contributed by atoms with E-state index in [0.29, 0.717) is 19.5 Å². The van der Waals surface area contributed by atoms with E-state index in [4.69, 9.17) is 0 Å². The van der Waals surface area contributed by atoms with E-state index >= 15 is 0 Å². The Labute approximate surface area is 152 Å². The fraction of sp³-hybridized carbons (Fsp3) is 0.619. The molecule has 0 spiro atoms. The highest BCUT2D eigenvalue weighted by atomic mass is 16.2. The Bertz CT molecular complexity index is 561. The number of hydrogen-bond donors (Lipinski definition) is 1. The Morgan fingerprint density at radius 1 is 1.08 bits per heavy atom. The number of likely N-dealkylation sites (N-methyl/N-ethyl adjacent to an activating group) is 1. The summed E-state index contributed by atoms with van der Waals surface area (Å²) in [5, 5.41) is 3.15. The fourth-order valence-electron chi connectivity index (χ4n) is 3.86. The summed E-state index contributed by atoms with van der Waals surface area (Å²) in [4.78, 5) is 27.7. The van der Waals surface area contributed by atoms with E-state index in [1.807, 2.05) is 36.9 Å². The molecular formula is C21H32N2O2. The van der Waals surface area contributed by atoms with Crippen LogP contribution in [0.2, 0.25) is 0 Å². The lowest BCUT2D eigenvalue weighted by Gasteiger charge is -2.40. The molecule has 1 atom stereocenters. The SMILES string of the molecule is CCN(CC)C(=O)C1(NC(=O)CC(C)c2ccccc2)CCCCC1. The second-order valence-corrected chi connectivity index (χ2v) is 7.18. The van der Waals surface area contributed by atoms with Gasteiger partial charge in [-0.1, -0.05) is 56.5 Å². The third-order valence-electron chi connectivity index (χ3n) is 5.41. The zero-order valence-corrected chi connectivity index (χ0v) is 15.9. The number of carbonyl (C=O) groups is 2. The van der Waals surface area contributed by atoms with Crippen molar-refractivity contribution in [1.82, 2.24) is 10.2 Å². The Morgan fingerprint density at radius 2 is 1.68 bits per heavy atom. The molecule has 2 amide bonds. The number of nitrogens with one attached hydrogen (secondary N) is 1. The summed E-state index contributed by atoms with van der Waals surface area (Å²) < 4.78 is 0. The number of nitrogens with zero attached hydrogens (tertiary/aromatic N) is 1. The highest BCUT2D eigenvalue weighted by Gasteiger charge is 2.42. The van der Waals surface area contributed by atoms with Crippen LogP contribution in [0.3, 0.4) is 0 Å². The lowest BCUT2D eigenvalue weighted by atomic mass is 9.80. The van der Waals surface area contributed by atoms with Crippen molar-refractivity contribution in [2.75, 3.05) is 13.1 Å². The van der Waals surface area contributed by atoms with Crippen molar-refractivity contribution in [2.24, 2.45) is 0 Å². The summed E-state index contributed by atoms with van der Waals surface area (Å²) >= 11 is 0. The molecule has 1 saturated carbocycles. The van der Waals surface area contributed by atoms with Gasteiger partial charge in [0.1, 0.15) is 5.54 Å². The smallest absolute Gasteiger partial charge is 0.248 e. The molecule has 4 nitrogen and oxygen atoms in total. The molecule has 138 valence electrons. The molecule has 0 saturated heterocycles. The van der Waals surface area contributed by atoms with Crippen LogP contribution < -0.4 is 5.32 Å². The number of carbonyl (C=O) groups excluding carboxylic acids is 2. The predicted molar refractivity (Wildman–Crippen MR) is 101 cm³/mol. The van der Waals surface area contributed by atoms with Crippen molar-refractivity contribution in [1.29, 1.82) is 0 Å². The van der Waals surface area contributed by atoms with Crippen molar-refractivity contribution >= 4 is 11.8 Å². The third kappa shape index (κ3) is 4.83. The third-order valence-corrected chi connectivity index (χ3v) is 5.41. The van der Waals surface area contributed by atoms with Gasteiger partial charge in [-0.3, -0.25) is 9.59 Å². The molecule has 1 aliphatic rings. The molecule has 2 rings (SSSR count). The zero-order valence-electron chi connectivity index (χ0n) is 15.9. The van der Waals surface area contributed by atoms with Crippen molar-refractivity contribution in [2.45, 2.75) is 70.8 Å². The lowest BCUT2D eigenvalue weighted by Crippen LogP contribution is -2.60. The van der Waals surface area contributed by atoms with Gasteiger partial charge in [-0.25, -0.2) is 0 Å². The largest absolute Gasteiger partial charge is 0.342 e. The monoisotopic (exact) mass is 344 g/mol. The van der Waals surface area contributed by atoms with Gasteiger partial charge in [0.2, 0.25) is 11.8 Å². The summed E-state index contributed by atoms with van der Waals surface area (Å²) in [6.07, 6.45) is 5.07. The number of hydrogen-bond acceptors (Lipinski definition) is 2. The molecular weight excluding hydrogens is 312 g/mol. The van der Waals surface area contributed by atoms with Gasteiger partial charge in [-0.05, 0) is 38.2 Å². The Hall–Kier alpha value is -1.84. The first-order valence-electron chi connectivity index (χ1n) is 9.67. The van der Waals surface area contributed by atoms with Gasteiger partial charge in [-0.15, -0.1) is 0 Å². The maximum atomic E-state index is 13.1. The van der Waals surface area contributed by atoms with Gasteiger partial charge < -0.3 is 10.2 Å². The second-order valence-electron chi connectivity index (χ2n) is 7.18. The summed E-state index contributed by atoms with van der Waals surface area (Å²) in [6, 6.07) is 10.1. The molecule has 0 heterocycles. The van der Waals surface area contributed by atoms with Crippen LogP contribution in [-0.4, -0.2) is 35.3 Å². The minimum atomic E-state index is -0.697. The summed E-state index contributed by atoms with van der Waals surface area (Å²) in [5.74, 6) is 0.224. The number of rotatable bonds is 7. The molecule has 4 heteroatoms. The topological polar surface area (TPSA) is 49.4 Å². The molecule has 25 heavy (non-hydrogen) atoms. The molecule has 1 aromatic carbocycles. The minimum Gasteiger partial charge on any atom is -0.342 e. The van der Waals surface area contributed by atoms with E-state index in [1.54, 1.807) is 0 Å². The van der Waals surface area contributed by atoms with E-state index in [2.05, 4.69) is 24.4 Å². The van der Waals surface area contributed by atoms with Crippen molar-refractivity contribution < 1.29 is 9.59 Å². The van der Waals surface area contributed by atoms with Crippen LogP contribution >= 0.6 is 0 Å². The van der Waals surface area contributed by atoms with Crippen LogP contribution in [-0.2, 0) is 9.59 Å². The normalized spacial score (nSPS) is 17.6. The van der Waals surface area contributed by atoms with Crippen LogP contribution in [0.1, 0.15) is 70.8 Å². The van der Waals surface area contributed by atoms with Gasteiger partial charge in [0.05, 0.1) is 0 Å². The summed E-state index contributed by atoms with van der Waals surface area (Å²) in [5.41, 5.74) is 0.461. The number of benzene rings is 1. The van der Waals surface area contributed by atoms with E-state index in [9.17, 15) is 9.59 Å². The van der Waals surface area contributed by atoms with E-state index in [1.165, 1.54) is 0 Å². The predicted octanol–water partition coefficient (Wildman–Crippen LogP) is 3.87. The van der Waals surface area contributed by atoms with Crippen molar-refractivity contribution in [3.63, 3.8) is 0 Å². The molecule has 0 radical (unpaired) electrons. The summed E-state index contributed by atoms with van der Waals surface area (Å²) in [7, 11) is 0. The molecule has 1 N–H and O–H groups in total. The van der Waals surface area contributed by atoms with Crippen LogP contribution in [0.15, 0.2) is 30.3 Å². The molecule has 1 aromatic rings. The maximum absolute atomic E-state index is 13.1. The molecule has 1 fully saturated rings. The Kier molecular flexibility index (Phi) is 7.03. The van der Waals surface area contributed by atoms with Gasteiger partial charge in [0, 0.05) is 19.5 Å². The molecule has 0 bridgehead atoms. The molecule has 0 aliphatic heterocycles. The zero-order chi connectivity index (χ0) is 18.3. The average molecular weight is 344 g/mol. The highest BCUT2D eigenvalue weighted by Crippen LogP contribution is 2.31. The van der Waals surface area contributed by atoms with Crippen LogP contribution in [0.5, 0.6) is 0 Å². The Balaban J connectivity index is 2.08. The standard InChI is InChI=1S/C21H32N2O2/c1-4-23(5-2)20(25)21(14-10-7-11-15-21)22-19(24)16-17(3)18-12-8-6-9-13-18/h6,8-9,12-13,17H,4-5,7,10-11,14-16H2,1-3H3,(H,22,24). The highest BCUT2D eigenvalue weighted by molar-refractivity contribution is 5.91. The van der Waals surface area contributed by atoms with Crippen molar-refractivity contribution in [3.05, 3.63) is 35.9 Å². The molecule has 1 aliphatic carbocycles. The summed E-state index contributed by atoms with van der Waals surface area (Å²) in [6.45, 7) is 7.43. The lowest BCUT2D eigenvalue weighted by molar-refractivity contribution is -0.143. The number of amides is 2. The van der Waals surface area contributed by atoms with E-state index in [0.717, 1.165) is 37.7 Å². The average Bonchev–Trinajstić information content (AvgIpc) is 2.64. The van der Waals surface area contributed by atoms with Gasteiger partial charge in [0.15, 0.2) is 0 Å². The van der Waals surface area contributed by atoms with E-state index < -0.39 is 5.54 Å². The van der Waals surface area contributed by atoms with Gasteiger partial charge in [0.25, 0.3) is 0 Å². The van der Waals surface area contributed by atoms with Gasteiger partial charge in [-0.2, -0.15) is 0 Å². The van der Waals surface area contributed by atoms with Gasteiger partial charge >= 0.3 is 0 Å². The second kappa shape index (κ2) is 9.02. The quantitative estimate of drug-likeness (QED) is 0.816. The molecule has 1 unspecified atom stereocenters. The molecule has 0 aromatic heterocycles. The minimum absolute atomic E-state index is 0.0150. The first-order valence-corrected chi connectivity index (χ1v) is 9.67. The van der Waals surface area contributed by atoms with Crippen LogP contribution in [0, 0.1) is 0 Å². The first kappa shape index (κ1) is 19.5. The van der Waals surface area contributed by atoms with Crippen molar-refractivity contribution in [3.8, 4) is 0 Å². The first-order chi connectivity index (χ1) is 12.0. The van der Waals surface area contributed by atoms with Crippen LogP contribution in [0.4, 0.5) is 0 Å². The van der Waals surface area contributed by atoms with Crippen LogP contribution in [0.25, 0.3) is 0 Å². The van der Waals surface area contributed by atoms with E-state index in [-0.39, 0.29) is 17.7 Å².